The van der Waals surface area contributed by atoms with Crippen molar-refractivity contribution in [2.24, 2.45) is 0 Å². The van der Waals surface area contributed by atoms with Gasteiger partial charge in [0.2, 0.25) is 5.82 Å². The van der Waals surface area contributed by atoms with Crippen molar-refractivity contribution in [3.05, 3.63) is 24.5 Å². The Morgan fingerprint density at radius 2 is 2.19 bits per heavy atom. The average Bonchev–Trinajstić information content (AvgIpc) is 3.01. The van der Waals surface area contributed by atoms with Gasteiger partial charge in [-0.05, 0) is 30.3 Å². The van der Waals surface area contributed by atoms with E-state index in [1.807, 2.05) is 12.1 Å². The molecule has 1 N–H and O–H groups in total. The molecule has 6 nitrogen and oxygen atoms in total. The summed E-state index contributed by atoms with van der Waals surface area (Å²) in [4.78, 5) is 5.67. The zero-order chi connectivity index (χ0) is 10.8. The maximum Gasteiger partial charge on any atom is 0.205 e. The first-order valence-electron chi connectivity index (χ1n) is 5.34. The predicted molar refractivity (Wildman–Crippen MR) is 57.6 cm³/mol. The number of hydrogen-bond acceptors (Lipinski definition) is 5. The van der Waals surface area contributed by atoms with Gasteiger partial charge in [-0.3, -0.25) is 4.98 Å². The molecule has 1 unspecified atom stereocenters. The van der Waals surface area contributed by atoms with Crippen LogP contribution in [0, 0.1) is 0 Å². The van der Waals surface area contributed by atoms with Gasteiger partial charge in [0.15, 0.2) is 0 Å². The van der Waals surface area contributed by atoms with Gasteiger partial charge in [-0.15, -0.1) is 10.2 Å². The molecule has 2 aromatic heterocycles. The smallest absolute Gasteiger partial charge is 0.205 e. The highest BCUT2D eigenvalue weighted by molar-refractivity contribution is 5.51. The third kappa shape index (κ3) is 1.67. The summed E-state index contributed by atoms with van der Waals surface area (Å²) in [5, 5.41) is 15.8. The van der Waals surface area contributed by atoms with Gasteiger partial charge >= 0.3 is 0 Å². The zero-order valence-electron chi connectivity index (χ0n) is 8.74. The molecule has 1 atom stereocenters. The topological polar surface area (TPSA) is 68.5 Å². The normalized spacial score (nSPS) is 20.1. The summed E-state index contributed by atoms with van der Waals surface area (Å²) in [6.07, 6.45) is 4.52. The molecule has 2 aromatic rings. The summed E-state index contributed by atoms with van der Waals surface area (Å²) in [6, 6.07) is 4.10. The maximum absolute atomic E-state index is 4.39. The third-order valence-electron chi connectivity index (χ3n) is 2.73. The zero-order valence-corrected chi connectivity index (χ0v) is 8.74. The second-order valence-electron chi connectivity index (χ2n) is 3.82. The standard InChI is InChI=1S/C10H12N6/c1-4-11-5-2-8(1)10-13-15-16(14-10)9-3-6-12-7-9/h1-2,4-5,9,12H,3,6-7H2. The summed E-state index contributed by atoms with van der Waals surface area (Å²) in [5.41, 5.74) is 0.951. The van der Waals surface area contributed by atoms with Crippen LogP contribution in [0.3, 0.4) is 0 Å². The SMILES string of the molecule is c1cc(-c2nnn(C3CCNC3)n2)ccn1. The van der Waals surface area contributed by atoms with Gasteiger partial charge < -0.3 is 5.32 Å². The Hall–Kier alpha value is -1.82. The average molecular weight is 216 g/mol. The van der Waals surface area contributed by atoms with E-state index in [9.17, 15) is 0 Å². The number of rotatable bonds is 2. The van der Waals surface area contributed by atoms with Crippen LogP contribution < -0.4 is 5.32 Å². The van der Waals surface area contributed by atoms with Crippen LogP contribution in [-0.2, 0) is 0 Å². The molecule has 0 amide bonds. The lowest BCUT2D eigenvalue weighted by atomic mass is 10.2. The van der Waals surface area contributed by atoms with Crippen LogP contribution in [0.5, 0.6) is 0 Å². The molecule has 1 saturated heterocycles. The molecule has 0 aromatic carbocycles. The monoisotopic (exact) mass is 216 g/mol. The van der Waals surface area contributed by atoms with E-state index in [4.69, 9.17) is 0 Å². The van der Waals surface area contributed by atoms with Gasteiger partial charge in [0.05, 0.1) is 6.04 Å². The van der Waals surface area contributed by atoms with Crippen molar-refractivity contribution in [3.63, 3.8) is 0 Å². The summed E-state index contributed by atoms with van der Waals surface area (Å²) < 4.78 is 0. The molecular formula is C10H12N6. The molecule has 0 aliphatic carbocycles. The first kappa shape index (κ1) is 9.41. The second-order valence-corrected chi connectivity index (χ2v) is 3.82. The fraction of sp³-hybridized carbons (Fsp3) is 0.400. The summed E-state index contributed by atoms with van der Waals surface area (Å²) in [7, 11) is 0. The molecule has 16 heavy (non-hydrogen) atoms. The van der Waals surface area contributed by atoms with Crippen LogP contribution in [0.4, 0.5) is 0 Å². The van der Waals surface area contributed by atoms with Crippen molar-refractivity contribution >= 4 is 0 Å². The van der Waals surface area contributed by atoms with Crippen molar-refractivity contribution < 1.29 is 0 Å². The number of pyridine rings is 1. The lowest BCUT2D eigenvalue weighted by molar-refractivity contribution is 0.424. The molecule has 82 valence electrons. The van der Waals surface area contributed by atoms with Crippen LogP contribution in [-0.4, -0.2) is 38.3 Å². The molecule has 0 bridgehead atoms. The van der Waals surface area contributed by atoms with E-state index >= 15 is 0 Å². The molecule has 1 aliphatic heterocycles. The highest BCUT2D eigenvalue weighted by Crippen LogP contribution is 2.15. The predicted octanol–water partition coefficient (Wildman–Crippen LogP) is 0.269. The van der Waals surface area contributed by atoms with Crippen LogP contribution in [0.15, 0.2) is 24.5 Å². The van der Waals surface area contributed by atoms with E-state index in [1.165, 1.54) is 0 Å². The largest absolute Gasteiger partial charge is 0.314 e. The minimum atomic E-state index is 0.336. The van der Waals surface area contributed by atoms with E-state index in [1.54, 1.807) is 17.2 Å². The molecular weight excluding hydrogens is 204 g/mol. The first-order valence-corrected chi connectivity index (χ1v) is 5.34. The summed E-state index contributed by atoms with van der Waals surface area (Å²) in [6.45, 7) is 1.95. The van der Waals surface area contributed by atoms with Gasteiger partial charge in [0.1, 0.15) is 0 Å². The lowest BCUT2D eigenvalue weighted by Crippen LogP contribution is -2.15. The quantitative estimate of drug-likeness (QED) is 0.780. The van der Waals surface area contributed by atoms with Crippen molar-refractivity contribution in [3.8, 4) is 11.4 Å². The third-order valence-corrected chi connectivity index (χ3v) is 2.73. The van der Waals surface area contributed by atoms with Crippen molar-refractivity contribution in [1.82, 2.24) is 30.5 Å². The van der Waals surface area contributed by atoms with Gasteiger partial charge in [0, 0.05) is 24.5 Å². The number of aromatic nitrogens is 5. The van der Waals surface area contributed by atoms with Gasteiger partial charge in [-0.25, -0.2) is 0 Å². The van der Waals surface area contributed by atoms with Crippen molar-refractivity contribution in [2.45, 2.75) is 12.5 Å². The highest BCUT2D eigenvalue weighted by atomic mass is 15.6. The van der Waals surface area contributed by atoms with E-state index in [0.29, 0.717) is 11.9 Å². The Labute approximate surface area is 92.7 Å². The molecule has 1 aliphatic rings. The Bertz CT molecular complexity index is 459. The van der Waals surface area contributed by atoms with E-state index < -0.39 is 0 Å². The summed E-state index contributed by atoms with van der Waals surface area (Å²) in [5.74, 6) is 0.661. The van der Waals surface area contributed by atoms with E-state index in [2.05, 4.69) is 25.7 Å². The van der Waals surface area contributed by atoms with Gasteiger partial charge in [0.25, 0.3) is 0 Å². The number of nitrogens with zero attached hydrogens (tertiary/aromatic N) is 5. The minimum Gasteiger partial charge on any atom is -0.314 e. The van der Waals surface area contributed by atoms with Crippen LogP contribution in [0.25, 0.3) is 11.4 Å². The van der Waals surface area contributed by atoms with E-state index in [0.717, 1.165) is 25.1 Å². The van der Waals surface area contributed by atoms with Crippen LogP contribution >= 0.6 is 0 Å². The van der Waals surface area contributed by atoms with Crippen molar-refractivity contribution in [1.29, 1.82) is 0 Å². The van der Waals surface area contributed by atoms with E-state index in [-0.39, 0.29) is 0 Å². The Kier molecular flexibility index (Phi) is 2.34. The highest BCUT2D eigenvalue weighted by Gasteiger charge is 2.19. The van der Waals surface area contributed by atoms with Gasteiger partial charge in [-0.2, -0.15) is 4.80 Å². The fourth-order valence-electron chi connectivity index (χ4n) is 1.83. The minimum absolute atomic E-state index is 0.336. The maximum atomic E-state index is 4.39. The van der Waals surface area contributed by atoms with Crippen LogP contribution in [0.1, 0.15) is 12.5 Å². The Balaban J connectivity index is 1.87. The number of hydrogen-bond donors (Lipinski definition) is 1. The molecule has 0 radical (unpaired) electrons. The fourth-order valence-corrected chi connectivity index (χ4v) is 1.83. The second kappa shape index (κ2) is 3.97. The first-order chi connectivity index (χ1) is 7.93. The number of nitrogens with one attached hydrogen (secondary N) is 1. The molecule has 3 heterocycles. The lowest BCUT2D eigenvalue weighted by Gasteiger charge is -2.03. The molecule has 3 rings (SSSR count). The molecule has 0 spiro atoms. The van der Waals surface area contributed by atoms with Crippen LogP contribution in [0.2, 0.25) is 0 Å². The van der Waals surface area contributed by atoms with Gasteiger partial charge in [-0.1, -0.05) is 0 Å². The molecule has 6 heteroatoms. The summed E-state index contributed by atoms with van der Waals surface area (Å²) >= 11 is 0. The molecule has 0 saturated carbocycles. The Morgan fingerprint density at radius 3 is 2.94 bits per heavy atom. The molecule has 1 fully saturated rings. The number of tetrazole rings is 1. The van der Waals surface area contributed by atoms with Crippen molar-refractivity contribution in [2.75, 3.05) is 13.1 Å². The Morgan fingerprint density at radius 1 is 1.31 bits per heavy atom.